The summed E-state index contributed by atoms with van der Waals surface area (Å²) in [5.41, 5.74) is 1.65. The highest BCUT2D eigenvalue weighted by molar-refractivity contribution is 5.85. The third-order valence-electron chi connectivity index (χ3n) is 5.11. The first-order valence-electron chi connectivity index (χ1n) is 9.46. The average Bonchev–Trinajstić information content (AvgIpc) is 2.72. The predicted octanol–water partition coefficient (Wildman–Crippen LogP) is 3.32. The van der Waals surface area contributed by atoms with Gasteiger partial charge in [-0.25, -0.2) is 0 Å². The second-order valence-electron chi connectivity index (χ2n) is 7.03. The lowest BCUT2D eigenvalue weighted by atomic mass is 9.78. The third-order valence-corrected chi connectivity index (χ3v) is 5.11. The zero-order valence-electron chi connectivity index (χ0n) is 16.3. The van der Waals surface area contributed by atoms with E-state index in [1.165, 1.54) is 0 Å². The van der Waals surface area contributed by atoms with E-state index in [0.717, 1.165) is 42.8 Å². The maximum atomic E-state index is 12.9. The van der Waals surface area contributed by atoms with E-state index in [1.807, 2.05) is 54.6 Å². The molecule has 2 aromatic rings. The van der Waals surface area contributed by atoms with Crippen LogP contribution in [0.15, 0.2) is 54.6 Å². The Labute approximate surface area is 173 Å². The molecule has 3 rings (SSSR count). The Morgan fingerprint density at radius 2 is 1.75 bits per heavy atom. The maximum absolute atomic E-state index is 12.9. The number of ether oxygens (including phenoxy) is 2. The first-order chi connectivity index (χ1) is 13.2. The Hall–Kier alpha value is -2.08. The summed E-state index contributed by atoms with van der Waals surface area (Å²) in [6, 6.07) is 17.9. The molecule has 5 nitrogen and oxygen atoms in total. The van der Waals surface area contributed by atoms with Crippen molar-refractivity contribution in [1.82, 2.24) is 10.6 Å². The molecule has 0 atom stereocenters. The lowest BCUT2D eigenvalue weighted by molar-refractivity contribution is -0.136. The van der Waals surface area contributed by atoms with E-state index < -0.39 is 5.41 Å². The van der Waals surface area contributed by atoms with Gasteiger partial charge in [0.05, 0.1) is 12.0 Å². The van der Waals surface area contributed by atoms with Crippen LogP contribution in [0.4, 0.5) is 0 Å². The number of rotatable bonds is 8. The lowest BCUT2D eigenvalue weighted by Gasteiger charge is -2.35. The van der Waals surface area contributed by atoms with E-state index in [-0.39, 0.29) is 18.3 Å². The van der Waals surface area contributed by atoms with Crippen molar-refractivity contribution in [3.8, 4) is 5.75 Å². The van der Waals surface area contributed by atoms with Gasteiger partial charge in [0, 0.05) is 19.2 Å². The summed E-state index contributed by atoms with van der Waals surface area (Å²) in [5, 5.41) is 6.42. The molecule has 0 unspecified atom stereocenters. The predicted molar refractivity (Wildman–Crippen MR) is 113 cm³/mol. The molecule has 1 aliphatic heterocycles. The van der Waals surface area contributed by atoms with E-state index >= 15 is 0 Å². The molecule has 0 bridgehead atoms. The molecule has 1 amide bonds. The van der Waals surface area contributed by atoms with Gasteiger partial charge in [0.15, 0.2) is 0 Å². The van der Waals surface area contributed by atoms with Crippen LogP contribution < -0.4 is 15.4 Å². The summed E-state index contributed by atoms with van der Waals surface area (Å²) in [6.45, 7) is 3.08. The molecule has 0 spiro atoms. The van der Waals surface area contributed by atoms with E-state index in [4.69, 9.17) is 9.47 Å². The van der Waals surface area contributed by atoms with Gasteiger partial charge in [0.25, 0.3) is 0 Å². The van der Waals surface area contributed by atoms with Gasteiger partial charge in [-0.1, -0.05) is 48.5 Å². The van der Waals surface area contributed by atoms with Crippen LogP contribution in [-0.2, 0) is 22.7 Å². The molecule has 2 N–H and O–H groups in total. The van der Waals surface area contributed by atoms with Crippen molar-refractivity contribution in [3.63, 3.8) is 0 Å². The smallest absolute Gasteiger partial charge is 0.228 e. The van der Waals surface area contributed by atoms with E-state index in [1.54, 1.807) is 7.11 Å². The SMILES string of the molecule is COCC1(C(=O)NCc2ccccc2OCc2ccccc2)CCNCC1.Cl. The maximum Gasteiger partial charge on any atom is 0.228 e. The van der Waals surface area contributed by atoms with Gasteiger partial charge < -0.3 is 20.1 Å². The van der Waals surface area contributed by atoms with Crippen LogP contribution in [-0.4, -0.2) is 32.7 Å². The quantitative estimate of drug-likeness (QED) is 0.708. The van der Waals surface area contributed by atoms with Crippen LogP contribution in [0.1, 0.15) is 24.0 Å². The number of amides is 1. The minimum absolute atomic E-state index is 0. The Morgan fingerprint density at radius 1 is 1.07 bits per heavy atom. The van der Waals surface area contributed by atoms with E-state index in [9.17, 15) is 4.79 Å². The van der Waals surface area contributed by atoms with Crippen molar-refractivity contribution < 1.29 is 14.3 Å². The summed E-state index contributed by atoms with van der Waals surface area (Å²) >= 11 is 0. The van der Waals surface area contributed by atoms with Crippen molar-refractivity contribution >= 4 is 18.3 Å². The highest BCUT2D eigenvalue weighted by Crippen LogP contribution is 2.30. The van der Waals surface area contributed by atoms with E-state index in [2.05, 4.69) is 10.6 Å². The minimum atomic E-state index is -0.445. The van der Waals surface area contributed by atoms with Crippen LogP contribution in [0.3, 0.4) is 0 Å². The average molecular weight is 405 g/mol. The van der Waals surface area contributed by atoms with Crippen molar-refractivity contribution in [1.29, 1.82) is 0 Å². The fourth-order valence-corrected chi connectivity index (χ4v) is 3.51. The molecule has 1 aliphatic rings. The molecule has 0 aliphatic carbocycles. The first-order valence-corrected chi connectivity index (χ1v) is 9.46. The largest absolute Gasteiger partial charge is 0.489 e. The Balaban J connectivity index is 0.00000280. The Bertz CT molecular complexity index is 728. The molecule has 2 aromatic carbocycles. The highest BCUT2D eigenvalue weighted by Gasteiger charge is 2.39. The van der Waals surface area contributed by atoms with Gasteiger partial charge in [-0.15, -0.1) is 12.4 Å². The van der Waals surface area contributed by atoms with Crippen LogP contribution in [0.2, 0.25) is 0 Å². The van der Waals surface area contributed by atoms with E-state index in [0.29, 0.717) is 19.8 Å². The molecule has 1 saturated heterocycles. The zero-order valence-corrected chi connectivity index (χ0v) is 17.1. The van der Waals surface area contributed by atoms with Crippen LogP contribution in [0.25, 0.3) is 0 Å². The summed E-state index contributed by atoms with van der Waals surface area (Å²) in [4.78, 5) is 12.9. The van der Waals surface area contributed by atoms with Gasteiger partial charge >= 0.3 is 0 Å². The second-order valence-corrected chi connectivity index (χ2v) is 7.03. The van der Waals surface area contributed by atoms with Gasteiger partial charge in [-0.2, -0.15) is 0 Å². The molecule has 1 heterocycles. The molecule has 152 valence electrons. The Morgan fingerprint density at radius 3 is 2.46 bits per heavy atom. The number of piperidine rings is 1. The van der Waals surface area contributed by atoms with Gasteiger partial charge in [0.2, 0.25) is 5.91 Å². The van der Waals surface area contributed by atoms with Gasteiger partial charge in [-0.05, 0) is 37.6 Å². The lowest BCUT2D eigenvalue weighted by Crippen LogP contribution is -2.50. The molecule has 0 radical (unpaired) electrons. The fourth-order valence-electron chi connectivity index (χ4n) is 3.51. The monoisotopic (exact) mass is 404 g/mol. The summed E-state index contributed by atoms with van der Waals surface area (Å²) in [6.07, 6.45) is 1.58. The normalized spacial score (nSPS) is 15.3. The molecular formula is C22H29ClN2O3. The number of para-hydroxylation sites is 1. The number of methoxy groups -OCH3 is 1. The second kappa shape index (κ2) is 11.1. The zero-order chi connectivity index (χ0) is 19.0. The first kappa shape index (κ1) is 22.2. The van der Waals surface area contributed by atoms with Crippen LogP contribution in [0.5, 0.6) is 5.75 Å². The number of hydrogen-bond acceptors (Lipinski definition) is 4. The van der Waals surface area contributed by atoms with Crippen molar-refractivity contribution in [3.05, 3.63) is 65.7 Å². The number of hydrogen-bond donors (Lipinski definition) is 2. The topological polar surface area (TPSA) is 59.6 Å². The summed E-state index contributed by atoms with van der Waals surface area (Å²) in [7, 11) is 1.66. The van der Waals surface area contributed by atoms with Crippen molar-refractivity contribution in [2.45, 2.75) is 26.0 Å². The number of benzene rings is 2. The molecular weight excluding hydrogens is 376 g/mol. The molecule has 6 heteroatoms. The number of carbonyl (C=O) groups excluding carboxylic acids is 1. The van der Waals surface area contributed by atoms with Crippen molar-refractivity contribution in [2.75, 3.05) is 26.8 Å². The molecule has 1 fully saturated rings. The third kappa shape index (κ3) is 5.71. The molecule has 0 aromatic heterocycles. The standard InChI is InChI=1S/C22H28N2O3.ClH/c1-26-17-22(11-13-23-14-12-22)21(25)24-15-19-9-5-6-10-20(19)27-16-18-7-3-2-4-8-18;/h2-10,23H,11-17H2,1H3,(H,24,25);1H. The summed E-state index contributed by atoms with van der Waals surface area (Å²) < 4.78 is 11.3. The number of nitrogens with one attached hydrogen (secondary N) is 2. The van der Waals surface area contributed by atoms with Gasteiger partial charge in [0.1, 0.15) is 12.4 Å². The number of carbonyl (C=O) groups is 1. The molecule has 28 heavy (non-hydrogen) atoms. The minimum Gasteiger partial charge on any atom is -0.489 e. The fraction of sp³-hybridized carbons (Fsp3) is 0.409. The summed E-state index contributed by atoms with van der Waals surface area (Å²) in [5.74, 6) is 0.858. The van der Waals surface area contributed by atoms with Crippen LogP contribution in [0, 0.1) is 5.41 Å². The van der Waals surface area contributed by atoms with Crippen LogP contribution >= 0.6 is 12.4 Å². The Kier molecular flexibility index (Phi) is 8.77. The van der Waals surface area contributed by atoms with Gasteiger partial charge in [-0.3, -0.25) is 4.79 Å². The number of halogens is 1. The highest BCUT2D eigenvalue weighted by atomic mass is 35.5. The molecule has 0 saturated carbocycles. The van der Waals surface area contributed by atoms with Crippen molar-refractivity contribution in [2.24, 2.45) is 5.41 Å².